The van der Waals surface area contributed by atoms with E-state index in [1.807, 2.05) is 24.3 Å². The summed E-state index contributed by atoms with van der Waals surface area (Å²) in [6, 6.07) is 7.89. The van der Waals surface area contributed by atoms with Gasteiger partial charge >= 0.3 is 0 Å². The lowest BCUT2D eigenvalue weighted by Gasteiger charge is -2.28. The van der Waals surface area contributed by atoms with Gasteiger partial charge in [-0.1, -0.05) is 19.1 Å². The number of carbonyl (C=O) groups is 1. The van der Waals surface area contributed by atoms with E-state index in [2.05, 4.69) is 40.1 Å². The first-order valence-electron chi connectivity index (χ1n) is 6.92. The number of benzene rings is 1. The minimum absolute atomic E-state index is 0.127. The van der Waals surface area contributed by atoms with E-state index >= 15 is 0 Å². The maximum atomic E-state index is 12.1. The summed E-state index contributed by atoms with van der Waals surface area (Å²) in [7, 11) is 0. The molecule has 1 heterocycles. The van der Waals surface area contributed by atoms with E-state index in [0.29, 0.717) is 18.3 Å². The molecule has 4 heteroatoms. The molecule has 2 unspecified atom stereocenters. The Balaban J connectivity index is 1.85. The Morgan fingerprint density at radius 1 is 1.53 bits per heavy atom. The fourth-order valence-corrected chi connectivity index (χ4v) is 3.11. The van der Waals surface area contributed by atoms with Crippen LogP contribution in [0.15, 0.2) is 24.3 Å². The number of hydrogen-bond acceptors (Lipinski definition) is 2. The van der Waals surface area contributed by atoms with Gasteiger partial charge in [0.15, 0.2) is 0 Å². The van der Waals surface area contributed by atoms with Gasteiger partial charge in [-0.3, -0.25) is 4.79 Å². The van der Waals surface area contributed by atoms with Crippen LogP contribution in [0.2, 0.25) is 0 Å². The van der Waals surface area contributed by atoms with Gasteiger partial charge in [0.05, 0.1) is 5.69 Å². The summed E-state index contributed by atoms with van der Waals surface area (Å²) in [6.07, 6.45) is 3.08. The summed E-state index contributed by atoms with van der Waals surface area (Å²) in [6.45, 7) is 4.36. The van der Waals surface area contributed by atoms with E-state index in [4.69, 9.17) is 0 Å². The Morgan fingerprint density at radius 3 is 3.00 bits per heavy atom. The number of rotatable bonds is 4. The molecule has 2 atom stereocenters. The van der Waals surface area contributed by atoms with Crippen LogP contribution in [0.25, 0.3) is 0 Å². The van der Waals surface area contributed by atoms with Crippen molar-refractivity contribution in [1.82, 2.24) is 5.32 Å². The van der Waals surface area contributed by atoms with Crippen LogP contribution in [0.4, 0.5) is 5.69 Å². The molecule has 3 nitrogen and oxygen atoms in total. The number of carbonyl (C=O) groups excluding carboxylic acids is 1. The van der Waals surface area contributed by atoms with Crippen molar-refractivity contribution < 1.29 is 4.79 Å². The zero-order valence-electron chi connectivity index (χ0n) is 11.3. The van der Waals surface area contributed by atoms with Crippen molar-refractivity contribution in [3.63, 3.8) is 0 Å². The average molecular weight is 372 g/mol. The van der Waals surface area contributed by atoms with E-state index in [-0.39, 0.29) is 5.91 Å². The highest BCUT2D eigenvalue weighted by Crippen LogP contribution is 2.23. The van der Waals surface area contributed by atoms with Crippen molar-refractivity contribution in [3.8, 4) is 0 Å². The number of para-hydroxylation sites is 1. The fraction of sp³-hybridized carbons (Fsp3) is 0.533. The quantitative estimate of drug-likeness (QED) is 0.797. The van der Waals surface area contributed by atoms with Crippen molar-refractivity contribution in [2.24, 2.45) is 11.8 Å². The molecule has 1 aliphatic heterocycles. The molecule has 2 rings (SSSR count). The van der Waals surface area contributed by atoms with Crippen LogP contribution in [0.1, 0.15) is 26.2 Å². The van der Waals surface area contributed by atoms with Crippen LogP contribution in [0, 0.1) is 15.4 Å². The van der Waals surface area contributed by atoms with Gasteiger partial charge in [-0.15, -0.1) is 0 Å². The number of nitrogens with one attached hydrogen (secondary N) is 2. The number of amides is 1. The molecule has 1 fully saturated rings. The Bertz CT molecular complexity index is 430. The average Bonchev–Trinajstić information content (AvgIpc) is 2.42. The van der Waals surface area contributed by atoms with E-state index in [0.717, 1.165) is 22.3 Å². The predicted octanol–water partition coefficient (Wildman–Crippen LogP) is 3.26. The molecule has 0 aromatic heterocycles. The van der Waals surface area contributed by atoms with Gasteiger partial charge in [0.2, 0.25) is 5.91 Å². The molecule has 1 amide bonds. The molecule has 1 saturated heterocycles. The first-order chi connectivity index (χ1) is 9.16. The topological polar surface area (TPSA) is 41.1 Å². The molecular formula is C15H21IN2O. The van der Waals surface area contributed by atoms with Crippen LogP contribution in [-0.2, 0) is 4.79 Å². The molecule has 2 N–H and O–H groups in total. The molecule has 0 radical (unpaired) electrons. The first-order valence-corrected chi connectivity index (χ1v) is 8.00. The summed E-state index contributed by atoms with van der Waals surface area (Å²) < 4.78 is 1.08. The zero-order chi connectivity index (χ0) is 13.7. The Labute approximate surface area is 128 Å². The third-order valence-electron chi connectivity index (χ3n) is 3.80. The molecular weight excluding hydrogens is 351 g/mol. The monoisotopic (exact) mass is 372 g/mol. The Kier molecular flexibility index (Phi) is 5.63. The smallest absolute Gasteiger partial charge is 0.224 e. The third kappa shape index (κ3) is 4.45. The highest BCUT2D eigenvalue weighted by atomic mass is 127. The molecule has 1 aliphatic rings. The minimum Gasteiger partial charge on any atom is -0.325 e. The van der Waals surface area contributed by atoms with Crippen LogP contribution >= 0.6 is 22.6 Å². The van der Waals surface area contributed by atoms with Gasteiger partial charge in [-0.25, -0.2) is 0 Å². The summed E-state index contributed by atoms with van der Waals surface area (Å²) in [5, 5.41) is 6.43. The van der Waals surface area contributed by atoms with Crippen LogP contribution in [0.5, 0.6) is 0 Å². The van der Waals surface area contributed by atoms with Gasteiger partial charge < -0.3 is 10.6 Å². The molecule has 0 bridgehead atoms. The van der Waals surface area contributed by atoms with E-state index in [1.54, 1.807) is 0 Å². The number of anilines is 1. The summed E-state index contributed by atoms with van der Waals surface area (Å²) in [4.78, 5) is 12.1. The van der Waals surface area contributed by atoms with Crippen molar-refractivity contribution >= 4 is 34.2 Å². The van der Waals surface area contributed by atoms with E-state index in [1.165, 1.54) is 12.8 Å². The summed E-state index contributed by atoms with van der Waals surface area (Å²) >= 11 is 2.25. The molecule has 19 heavy (non-hydrogen) atoms. The highest BCUT2D eigenvalue weighted by Gasteiger charge is 2.22. The largest absolute Gasteiger partial charge is 0.325 e. The Morgan fingerprint density at radius 2 is 2.32 bits per heavy atom. The lowest BCUT2D eigenvalue weighted by molar-refractivity contribution is -0.117. The highest BCUT2D eigenvalue weighted by molar-refractivity contribution is 14.1. The van der Waals surface area contributed by atoms with Crippen molar-refractivity contribution in [3.05, 3.63) is 27.8 Å². The number of piperidine rings is 1. The zero-order valence-corrected chi connectivity index (χ0v) is 13.4. The molecule has 0 spiro atoms. The van der Waals surface area contributed by atoms with Crippen molar-refractivity contribution in [2.75, 3.05) is 18.4 Å². The van der Waals surface area contributed by atoms with Gasteiger partial charge in [0.25, 0.3) is 0 Å². The van der Waals surface area contributed by atoms with Crippen molar-refractivity contribution in [2.45, 2.75) is 26.2 Å². The molecule has 1 aromatic rings. The van der Waals surface area contributed by atoms with Gasteiger partial charge in [-0.05, 0) is 72.5 Å². The normalized spacial score (nSPS) is 20.8. The number of hydrogen-bond donors (Lipinski definition) is 2. The predicted molar refractivity (Wildman–Crippen MR) is 87.2 cm³/mol. The standard InChI is InChI=1S/C15H21IN2O/c1-11(12-5-4-8-17-10-12)9-15(19)18-14-7-3-2-6-13(14)16/h2-3,6-7,11-12,17H,4-5,8-10H2,1H3,(H,18,19). The summed E-state index contributed by atoms with van der Waals surface area (Å²) in [5.41, 5.74) is 0.919. The van der Waals surface area contributed by atoms with Crippen molar-refractivity contribution in [1.29, 1.82) is 0 Å². The van der Waals surface area contributed by atoms with E-state index < -0.39 is 0 Å². The second-order valence-electron chi connectivity index (χ2n) is 5.32. The maximum Gasteiger partial charge on any atom is 0.224 e. The molecule has 1 aromatic carbocycles. The second-order valence-corrected chi connectivity index (χ2v) is 6.48. The molecule has 0 saturated carbocycles. The lowest BCUT2D eigenvalue weighted by Crippen LogP contribution is -2.34. The number of halogens is 1. The fourth-order valence-electron chi connectivity index (χ4n) is 2.59. The van der Waals surface area contributed by atoms with Crippen LogP contribution < -0.4 is 10.6 Å². The lowest BCUT2D eigenvalue weighted by atomic mass is 9.85. The Hall–Kier alpha value is -0.620. The van der Waals surface area contributed by atoms with Crippen LogP contribution in [0.3, 0.4) is 0 Å². The van der Waals surface area contributed by atoms with E-state index in [9.17, 15) is 4.79 Å². The minimum atomic E-state index is 0.127. The second kappa shape index (κ2) is 7.24. The molecule has 104 valence electrons. The van der Waals surface area contributed by atoms with Gasteiger partial charge in [-0.2, -0.15) is 0 Å². The van der Waals surface area contributed by atoms with Crippen LogP contribution in [-0.4, -0.2) is 19.0 Å². The SMILES string of the molecule is CC(CC(=O)Nc1ccccc1I)C1CCCNC1. The molecule has 0 aliphatic carbocycles. The first kappa shape index (κ1) is 14.8. The van der Waals surface area contributed by atoms with Gasteiger partial charge in [0.1, 0.15) is 0 Å². The van der Waals surface area contributed by atoms with Gasteiger partial charge in [0, 0.05) is 9.99 Å². The third-order valence-corrected chi connectivity index (χ3v) is 4.74. The maximum absolute atomic E-state index is 12.1. The summed E-state index contributed by atoms with van der Waals surface area (Å²) in [5.74, 6) is 1.20.